The zero-order valence-corrected chi connectivity index (χ0v) is 7.40. The minimum atomic E-state index is -0.547. The van der Waals surface area contributed by atoms with Crippen molar-refractivity contribution in [2.24, 2.45) is 0 Å². The quantitative estimate of drug-likeness (QED) is 0.485. The molecule has 0 amide bonds. The Bertz CT molecular complexity index is 258. The van der Waals surface area contributed by atoms with Gasteiger partial charge in [0.15, 0.2) is 0 Å². The third-order valence-electron chi connectivity index (χ3n) is 2.27. The summed E-state index contributed by atoms with van der Waals surface area (Å²) in [7, 11) is 0. The average molecular weight is 184 g/mol. The molecular formula is C9H12O4. The van der Waals surface area contributed by atoms with Gasteiger partial charge >= 0.3 is 5.97 Å². The van der Waals surface area contributed by atoms with Crippen molar-refractivity contribution < 1.29 is 19.4 Å². The standard InChI is InChI=1S/C9H12O4/c1-2-12-9(11)5-3-6(10)8-7(4-5)13-8/h4,6-8,10H,2-3H2,1H3/t6-,7-,8+/m0/s1. The van der Waals surface area contributed by atoms with E-state index in [0.29, 0.717) is 18.6 Å². The highest BCUT2D eigenvalue weighted by atomic mass is 16.6. The largest absolute Gasteiger partial charge is 0.463 e. The molecule has 1 N–H and O–H groups in total. The lowest BCUT2D eigenvalue weighted by Gasteiger charge is -2.13. The molecule has 1 fully saturated rings. The number of hydrogen-bond acceptors (Lipinski definition) is 4. The third kappa shape index (κ3) is 1.59. The lowest BCUT2D eigenvalue weighted by Crippen LogP contribution is -2.24. The highest BCUT2D eigenvalue weighted by molar-refractivity contribution is 5.89. The minimum Gasteiger partial charge on any atom is -0.463 e. The van der Waals surface area contributed by atoms with Crippen LogP contribution < -0.4 is 0 Å². The molecule has 2 aliphatic rings. The molecule has 2 rings (SSSR count). The predicted octanol–water partition coefficient (Wildman–Crippen LogP) is 0.00790. The first-order valence-electron chi connectivity index (χ1n) is 4.43. The molecule has 1 heterocycles. The normalized spacial score (nSPS) is 36.2. The van der Waals surface area contributed by atoms with Gasteiger partial charge in [0.2, 0.25) is 0 Å². The fourth-order valence-corrected chi connectivity index (χ4v) is 1.56. The number of carbonyl (C=O) groups excluding carboxylic acids is 1. The van der Waals surface area contributed by atoms with E-state index in [-0.39, 0.29) is 18.2 Å². The van der Waals surface area contributed by atoms with Crippen molar-refractivity contribution in [1.29, 1.82) is 0 Å². The molecule has 0 saturated carbocycles. The van der Waals surface area contributed by atoms with Gasteiger partial charge in [-0.25, -0.2) is 4.79 Å². The van der Waals surface area contributed by atoms with Crippen LogP contribution in [0.4, 0.5) is 0 Å². The van der Waals surface area contributed by atoms with Gasteiger partial charge in [-0.1, -0.05) is 0 Å². The van der Waals surface area contributed by atoms with E-state index in [2.05, 4.69) is 0 Å². The van der Waals surface area contributed by atoms with Gasteiger partial charge in [0.05, 0.1) is 12.7 Å². The highest BCUT2D eigenvalue weighted by Crippen LogP contribution is 2.35. The van der Waals surface area contributed by atoms with Crippen LogP contribution in [0.15, 0.2) is 11.6 Å². The maximum absolute atomic E-state index is 11.3. The minimum absolute atomic E-state index is 0.0665. The number of hydrogen-bond donors (Lipinski definition) is 1. The summed E-state index contributed by atoms with van der Waals surface area (Å²) in [6, 6.07) is 0. The van der Waals surface area contributed by atoms with Crippen LogP contribution in [0.25, 0.3) is 0 Å². The molecule has 13 heavy (non-hydrogen) atoms. The molecule has 0 aromatic rings. The van der Waals surface area contributed by atoms with Gasteiger partial charge in [0.1, 0.15) is 12.2 Å². The van der Waals surface area contributed by atoms with E-state index in [1.807, 2.05) is 0 Å². The summed E-state index contributed by atoms with van der Waals surface area (Å²) in [6.07, 6.45) is 1.39. The van der Waals surface area contributed by atoms with Gasteiger partial charge in [-0.05, 0) is 13.0 Å². The summed E-state index contributed by atoms with van der Waals surface area (Å²) >= 11 is 0. The van der Waals surface area contributed by atoms with Gasteiger partial charge in [0, 0.05) is 12.0 Å². The van der Waals surface area contributed by atoms with E-state index in [1.54, 1.807) is 13.0 Å². The number of fused-ring (bicyclic) bond motifs is 1. The molecule has 4 nitrogen and oxygen atoms in total. The monoisotopic (exact) mass is 184 g/mol. The Balaban J connectivity index is 2.03. The molecule has 0 bridgehead atoms. The zero-order valence-electron chi connectivity index (χ0n) is 7.40. The molecule has 0 radical (unpaired) electrons. The van der Waals surface area contributed by atoms with E-state index < -0.39 is 6.10 Å². The smallest absolute Gasteiger partial charge is 0.333 e. The first-order valence-corrected chi connectivity index (χ1v) is 4.43. The number of ether oxygens (including phenoxy) is 2. The Morgan fingerprint density at radius 2 is 2.62 bits per heavy atom. The lowest BCUT2D eigenvalue weighted by molar-refractivity contribution is -0.139. The number of aliphatic hydroxyl groups is 1. The van der Waals surface area contributed by atoms with Crippen molar-refractivity contribution >= 4 is 5.97 Å². The molecule has 0 aromatic carbocycles. The van der Waals surface area contributed by atoms with Crippen molar-refractivity contribution in [2.45, 2.75) is 31.7 Å². The van der Waals surface area contributed by atoms with Crippen LogP contribution >= 0.6 is 0 Å². The summed E-state index contributed by atoms with van der Waals surface area (Å²) < 4.78 is 9.94. The van der Waals surface area contributed by atoms with Crippen molar-refractivity contribution in [3.05, 3.63) is 11.6 Å². The van der Waals surface area contributed by atoms with E-state index >= 15 is 0 Å². The van der Waals surface area contributed by atoms with E-state index in [1.165, 1.54) is 0 Å². The van der Waals surface area contributed by atoms with Crippen LogP contribution in [-0.4, -0.2) is 36.0 Å². The van der Waals surface area contributed by atoms with Crippen LogP contribution in [0.2, 0.25) is 0 Å². The number of aliphatic hydroxyl groups excluding tert-OH is 1. The molecule has 0 aromatic heterocycles. The Morgan fingerprint density at radius 1 is 1.85 bits per heavy atom. The van der Waals surface area contributed by atoms with Crippen LogP contribution in [0.3, 0.4) is 0 Å². The van der Waals surface area contributed by atoms with Crippen molar-refractivity contribution in [2.75, 3.05) is 6.61 Å². The van der Waals surface area contributed by atoms with Gasteiger partial charge in [-0.15, -0.1) is 0 Å². The van der Waals surface area contributed by atoms with Crippen LogP contribution in [-0.2, 0) is 14.3 Å². The Kier molecular flexibility index (Phi) is 2.09. The van der Waals surface area contributed by atoms with Crippen molar-refractivity contribution in [1.82, 2.24) is 0 Å². The average Bonchev–Trinajstić information content (AvgIpc) is 2.84. The summed E-state index contributed by atoms with van der Waals surface area (Å²) in [4.78, 5) is 11.3. The highest BCUT2D eigenvalue weighted by Gasteiger charge is 2.47. The van der Waals surface area contributed by atoms with Crippen LogP contribution in [0.1, 0.15) is 13.3 Å². The molecule has 1 aliphatic carbocycles. The maximum atomic E-state index is 11.3. The molecular weight excluding hydrogens is 172 g/mol. The van der Waals surface area contributed by atoms with Crippen molar-refractivity contribution in [3.8, 4) is 0 Å². The molecule has 72 valence electrons. The molecule has 1 aliphatic heterocycles. The Morgan fingerprint density at radius 3 is 3.23 bits per heavy atom. The van der Waals surface area contributed by atoms with E-state index in [9.17, 15) is 9.90 Å². The second kappa shape index (κ2) is 3.12. The Labute approximate surface area is 76.1 Å². The summed E-state index contributed by atoms with van der Waals surface area (Å²) in [5, 5.41) is 9.43. The van der Waals surface area contributed by atoms with Gasteiger partial charge in [-0.3, -0.25) is 0 Å². The van der Waals surface area contributed by atoms with Gasteiger partial charge < -0.3 is 14.6 Å². The lowest BCUT2D eigenvalue weighted by atomic mass is 9.97. The second-order valence-corrected chi connectivity index (χ2v) is 3.25. The number of esters is 1. The Hall–Kier alpha value is -0.870. The molecule has 3 atom stereocenters. The SMILES string of the molecule is CCOC(=O)C1=C[C@@H]2O[C@@H]2[C@@H](O)C1. The summed E-state index contributed by atoms with van der Waals surface area (Å²) in [5.41, 5.74) is 0.535. The zero-order chi connectivity index (χ0) is 9.42. The summed E-state index contributed by atoms with van der Waals surface area (Å²) in [6.45, 7) is 2.12. The van der Waals surface area contributed by atoms with Gasteiger partial charge in [-0.2, -0.15) is 0 Å². The summed E-state index contributed by atoms with van der Waals surface area (Å²) in [5.74, 6) is -0.337. The predicted molar refractivity (Wildman–Crippen MR) is 44.0 cm³/mol. The van der Waals surface area contributed by atoms with E-state index in [0.717, 1.165) is 0 Å². The van der Waals surface area contributed by atoms with Crippen LogP contribution in [0, 0.1) is 0 Å². The fraction of sp³-hybridized carbons (Fsp3) is 0.667. The van der Waals surface area contributed by atoms with E-state index in [4.69, 9.17) is 9.47 Å². The number of carbonyl (C=O) groups is 1. The fourth-order valence-electron chi connectivity index (χ4n) is 1.56. The topological polar surface area (TPSA) is 59.1 Å². The van der Waals surface area contributed by atoms with Crippen molar-refractivity contribution in [3.63, 3.8) is 0 Å². The van der Waals surface area contributed by atoms with Gasteiger partial charge in [0.25, 0.3) is 0 Å². The molecule has 1 saturated heterocycles. The third-order valence-corrected chi connectivity index (χ3v) is 2.27. The number of rotatable bonds is 2. The molecule has 4 heteroatoms. The first-order chi connectivity index (χ1) is 6.22. The molecule has 0 spiro atoms. The van der Waals surface area contributed by atoms with Crippen LogP contribution in [0.5, 0.6) is 0 Å². The number of epoxide rings is 1. The first kappa shape index (κ1) is 8.72. The second-order valence-electron chi connectivity index (χ2n) is 3.25. The molecule has 0 unspecified atom stereocenters. The maximum Gasteiger partial charge on any atom is 0.333 e.